The molecule has 1 saturated heterocycles. The number of hydrogen-bond donors (Lipinski definition) is 1. The Morgan fingerprint density at radius 2 is 2.00 bits per heavy atom. The third-order valence-electron chi connectivity index (χ3n) is 2.65. The fraction of sp³-hybridized carbons (Fsp3) is 0.500. The van der Waals surface area contributed by atoms with E-state index in [-0.39, 0.29) is 6.04 Å². The molecule has 0 aromatic heterocycles. The van der Waals surface area contributed by atoms with Gasteiger partial charge < -0.3 is 5.73 Å². The average Bonchev–Trinajstić information content (AvgIpc) is 2.04. The Bertz CT molecular complexity index is 288. The molecule has 1 aromatic rings. The molecule has 0 bridgehead atoms. The van der Waals surface area contributed by atoms with Crippen LogP contribution in [0, 0.1) is 0 Å². The molecule has 0 saturated carbocycles. The molecule has 0 radical (unpaired) electrons. The highest BCUT2D eigenvalue weighted by Gasteiger charge is 2.19. The Morgan fingerprint density at radius 1 is 1.36 bits per heavy atom. The van der Waals surface area contributed by atoms with Gasteiger partial charge in [0.2, 0.25) is 0 Å². The van der Waals surface area contributed by atoms with E-state index in [0.29, 0.717) is 0 Å². The zero-order chi connectivity index (χ0) is 9.97. The van der Waals surface area contributed by atoms with Gasteiger partial charge in [0.1, 0.15) is 0 Å². The van der Waals surface area contributed by atoms with Crippen LogP contribution in [0.15, 0.2) is 24.3 Å². The highest BCUT2D eigenvalue weighted by molar-refractivity contribution is 8.00. The van der Waals surface area contributed by atoms with Crippen molar-refractivity contribution in [3.8, 4) is 0 Å². The minimum absolute atomic E-state index is 0.264. The lowest BCUT2D eigenvalue weighted by Crippen LogP contribution is -2.18. The van der Waals surface area contributed by atoms with Gasteiger partial charge in [0.05, 0.1) is 0 Å². The van der Waals surface area contributed by atoms with Gasteiger partial charge in [0, 0.05) is 23.5 Å². The van der Waals surface area contributed by atoms with E-state index in [1.807, 2.05) is 11.8 Å². The molecule has 1 aromatic carbocycles. The van der Waals surface area contributed by atoms with Crippen LogP contribution in [0.4, 0.5) is 0 Å². The topological polar surface area (TPSA) is 26.0 Å². The third kappa shape index (κ3) is 2.31. The van der Waals surface area contributed by atoms with E-state index in [1.54, 1.807) is 0 Å². The van der Waals surface area contributed by atoms with Crippen molar-refractivity contribution in [2.45, 2.75) is 25.3 Å². The summed E-state index contributed by atoms with van der Waals surface area (Å²) >= 11 is 2.03. The van der Waals surface area contributed by atoms with Gasteiger partial charge in [-0.1, -0.05) is 24.3 Å². The highest BCUT2D eigenvalue weighted by Crippen LogP contribution is 2.33. The predicted octanol–water partition coefficient (Wildman–Crippen LogP) is 2.41. The summed E-state index contributed by atoms with van der Waals surface area (Å²) in [6.07, 6.45) is 0.986. The van der Waals surface area contributed by atoms with Gasteiger partial charge >= 0.3 is 0 Å². The summed E-state index contributed by atoms with van der Waals surface area (Å²) < 4.78 is 0. The highest BCUT2D eigenvalue weighted by atomic mass is 32.2. The molecule has 1 aliphatic heterocycles. The van der Waals surface area contributed by atoms with Crippen LogP contribution in [0.25, 0.3) is 0 Å². The van der Waals surface area contributed by atoms with Crippen LogP contribution in [0.1, 0.15) is 24.0 Å². The minimum atomic E-state index is 0.264. The van der Waals surface area contributed by atoms with Crippen LogP contribution in [-0.2, 0) is 6.42 Å². The largest absolute Gasteiger partial charge is 0.328 e. The second-order valence-electron chi connectivity index (χ2n) is 4.16. The Morgan fingerprint density at radius 3 is 2.43 bits per heavy atom. The molecule has 1 unspecified atom stereocenters. The molecule has 1 heterocycles. The molecule has 76 valence electrons. The monoisotopic (exact) mass is 207 g/mol. The number of benzene rings is 1. The van der Waals surface area contributed by atoms with Gasteiger partial charge in [-0.2, -0.15) is 11.8 Å². The van der Waals surface area contributed by atoms with Crippen LogP contribution < -0.4 is 5.73 Å². The van der Waals surface area contributed by atoms with E-state index in [9.17, 15) is 0 Å². The van der Waals surface area contributed by atoms with E-state index in [4.69, 9.17) is 5.73 Å². The number of rotatable bonds is 3. The number of hydrogen-bond acceptors (Lipinski definition) is 2. The summed E-state index contributed by atoms with van der Waals surface area (Å²) in [5.41, 5.74) is 8.61. The summed E-state index contributed by atoms with van der Waals surface area (Å²) in [6, 6.07) is 9.24. The molecule has 1 aliphatic rings. The number of nitrogens with two attached hydrogens (primary N) is 1. The first-order valence-electron chi connectivity index (χ1n) is 5.18. The normalized spacial score (nSPS) is 19.0. The molecule has 2 N–H and O–H groups in total. The van der Waals surface area contributed by atoms with Gasteiger partial charge in [0.25, 0.3) is 0 Å². The summed E-state index contributed by atoms with van der Waals surface area (Å²) in [7, 11) is 0. The lowest BCUT2D eigenvalue weighted by molar-refractivity contribution is 0.737. The maximum absolute atomic E-state index is 5.76. The quantitative estimate of drug-likeness (QED) is 0.823. The van der Waals surface area contributed by atoms with E-state index < -0.39 is 0 Å². The minimum Gasteiger partial charge on any atom is -0.328 e. The van der Waals surface area contributed by atoms with E-state index in [0.717, 1.165) is 12.3 Å². The van der Waals surface area contributed by atoms with E-state index in [1.165, 1.54) is 22.6 Å². The molecular weight excluding hydrogens is 190 g/mol. The molecule has 1 nitrogen and oxygen atoms in total. The zero-order valence-corrected chi connectivity index (χ0v) is 9.39. The van der Waals surface area contributed by atoms with Gasteiger partial charge in [0.15, 0.2) is 0 Å². The van der Waals surface area contributed by atoms with Crippen LogP contribution in [-0.4, -0.2) is 17.5 Å². The Balaban J connectivity index is 2.02. The van der Waals surface area contributed by atoms with Gasteiger partial charge in [-0.25, -0.2) is 0 Å². The first-order chi connectivity index (χ1) is 6.75. The molecule has 1 fully saturated rings. The lowest BCUT2D eigenvalue weighted by Gasteiger charge is -2.25. The smallest absolute Gasteiger partial charge is 0.00509 e. The summed E-state index contributed by atoms with van der Waals surface area (Å²) in [6.45, 7) is 2.05. The molecular formula is C12H17NS. The fourth-order valence-corrected chi connectivity index (χ4v) is 2.58. The van der Waals surface area contributed by atoms with Crippen LogP contribution in [0.5, 0.6) is 0 Å². The Hall–Kier alpha value is -0.470. The van der Waals surface area contributed by atoms with Crippen molar-refractivity contribution in [3.05, 3.63) is 35.4 Å². The standard InChI is InChI=1S/C12H17NS/c1-9(13)6-10-2-4-11(5-3-10)12-7-14-8-12/h2-5,9,12H,6-8,13H2,1H3. The van der Waals surface area contributed by atoms with Crippen LogP contribution in [0.2, 0.25) is 0 Å². The van der Waals surface area contributed by atoms with Gasteiger partial charge in [-0.05, 0) is 24.5 Å². The molecule has 14 heavy (non-hydrogen) atoms. The Kier molecular flexibility index (Phi) is 3.14. The van der Waals surface area contributed by atoms with Crippen LogP contribution >= 0.6 is 11.8 Å². The van der Waals surface area contributed by atoms with Crippen molar-refractivity contribution < 1.29 is 0 Å². The molecule has 0 aliphatic carbocycles. The van der Waals surface area contributed by atoms with E-state index in [2.05, 4.69) is 31.2 Å². The zero-order valence-electron chi connectivity index (χ0n) is 8.57. The fourth-order valence-electron chi connectivity index (χ4n) is 1.73. The van der Waals surface area contributed by atoms with Gasteiger partial charge in [-0.3, -0.25) is 0 Å². The first kappa shape index (κ1) is 10.1. The summed E-state index contributed by atoms with van der Waals surface area (Å²) in [5.74, 6) is 3.41. The second-order valence-corrected chi connectivity index (χ2v) is 5.23. The van der Waals surface area contributed by atoms with Crippen molar-refractivity contribution in [1.82, 2.24) is 0 Å². The SMILES string of the molecule is CC(N)Cc1ccc(C2CSC2)cc1. The van der Waals surface area contributed by atoms with Crippen LogP contribution in [0.3, 0.4) is 0 Å². The summed E-state index contributed by atoms with van der Waals surface area (Å²) in [5, 5.41) is 0. The van der Waals surface area contributed by atoms with E-state index >= 15 is 0 Å². The number of thioether (sulfide) groups is 1. The predicted molar refractivity (Wildman–Crippen MR) is 63.9 cm³/mol. The average molecular weight is 207 g/mol. The third-order valence-corrected chi connectivity index (χ3v) is 3.92. The van der Waals surface area contributed by atoms with Crippen molar-refractivity contribution in [3.63, 3.8) is 0 Å². The first-order valence-corrected chi connectivity index (χ1v) is 6.33. The maximum atomic E-state index is 5.76. The van der Waals surface area contributed by atoms with Crippen molar-refractivity contribution >= 4 is 11.8 Å². The maximum Gasteiger partial charge on any atom is 0.00509 e. The van der Waals surface area contributed by atoms with Crippen molar-refractivity contribution in [2.24, 2.45) is 5.73 Å². The molecule has 2 rings (SSSR count). The molecule has 2 heteroatoms. The molecule has 1 atom stereocenters. The molecule has 0 amide bonds. The second kappa shape index (κ2) is 4.37. The van der Waals surface area contributed by atoms with Gasteiger partial charge in [-0.15, -0.1) is 0 Å². The Labute approximate surface area is 90.1 Å². The van der Waals surface area contributed by atoms with Crippen molar-refractivity contribution in [1.29, 1.82) is 0 Å². The van der Waals surface area contributed by atoms with Crippen molar-refractivity contribution in [2.75, 3.05) is 11.5 Å². The molecule has 0 spiro atoms. The lowest BCUT2D eigenvalue weighted by atomic mass is 9.99. The summed E-state index contributed by atoms with van der Waals surface area (Å²) in [4.78, 5) is 0.